The van der Waals surface area contributed by atoms with E-state index in [9.17, 15) is 5.26 Å². The smallest absolute Gasteiger partial charge is 0.184 e. The first kappa shape index (κ1) is 23.9. The number of anilines is 3. The molecule has 7 rings (SSSR count). The second-order valence-electron chi connectivity index (χ2n) is 10.1. The van der Waals surface area contributed by atoms with Gasteiger partial charge in [0.2, 0.25) is 0 Å². The molecule has 1 aliphatic heterocycles. The highest BCUT2D eigenvalue weighted by Crippen LogP contribution is 2.42. The van der Waals surface area contributed by atoms with Crippen molar-refractivity contribution in [3.05, 3.63) is 163 Å². The lowest BCUT2D eigenvalue weighted by atomic mass is 10.0. The summed E-state index contributed by atoms with van der Waals surface area (Å²) in [5.41, 5.74) is 6.42. The molecule has 0 saturated carbocycles. The molecule has 0 atom stereocenters. The summed E-state index contributed by atoms with van der Waals surface area (Å²) in [6.07, 6.45) is 0. The molecule has 0 fully saturated rings. The molecular formula is C37H26N2Si. The Hall–Kier alpha value is -5.17. The minimum Gasteiger partial charge on any atom is -0.310 e. The predicted octanol–water partition coefficient (Wildman–Crippen LogP) is 6.39. The number of para-hydroxylation sites is 3. The van der Waals surface area contributed by atoms with Crippen molar-refractivity contribution in [2.24, 2.45) is 0 Å². The maximum atomic E-state index is 9.36. The molecule has 1 aliphatic rings. The third kappa shape index (κ3) is 3.62. The van der Waals surface area contributed by atoms with Crippen LogP contribution in [0, 0.1) is 11.3 Å². The second kappa shape index (κ2) is 9.85. The van der Waals surface area contributed by atoms with Crippen LogP contribution in [0.5, 0.6) is 0 Å². The Morgan fingerprint density at radius 3 is 1.43 bits per heavy atom. The van der Waals surface area contributed by atoms with Crippen LogP contribution < -0.4 is 25.6 Å². The highest BCUT2D eigenvalue weighted by molar-refractivity contribution is 7.21. The maximum absolute atomic E-state index is 9.36. The van der Waals surface area contributed by atoms with E-state index in [1.165, 1.54) is 32.1 Å². The van der Waals surface area contributed by atoms with Gasteiger partial charge in [-0.15, -0.1) is 0 Å². The number of hydrogen-bond donors (Lipinski definition) is 0. The average molecular weight is 527 g/mol. The summed E-state index contributed by atoms with van der Waals surface area (Å²) in [6, 6.07) is 58.8. The average Bonchev–Trinajstić information content (AvgIpc) is 3.04. The van der Waals surface area contributed by atoms with Gasteiger partial charge < -0.3 is 4.90 Å². The van der Waals surface area contributed by atoms with Crippen molar-refractivity contribution in [1.82, 2.24) is 0 Å². The largest absolute Gasteiger partial charge is 0.310 e. The van der Waals surface area contributed by atoms with Gasteiger partial charge in [0, 0.05) is 16.9 Å². The van der Waals surface area contributed by atoms with Crippen LogP contribution in [-0.4, -0.2) is 8.07 Å². The number of benzene rings is 6. The molecule has 6 aromatic carbocycles. The minimum atomic E-state index is -2.64. The number of nitriles is 1. The molecule has 0 unspecified atom stereocenters. The zero-order valence-corrected chi connectivity index (χ0v) is 22.9. The maximum Gasteiger partial charge on any atom is 0.184 e. The van der Waals surface area contributed by atoms with Gasteiger partial charge in [-0.3, -0.25) is 0 Å². The van der Waals surface area contributed by atoms with Crippen LogP contribution >= 0.6 is 0 Å². The van der Waals surface area contributed by atoms with Crippen LogP contribution in [0.3, 0.4) is 0 Å². The van der Waals surface area contributed by atoms with Crippen LogP contribution in [0.4, 0.5) is 17.1 Å². The summed E-state index contributed by atoms with van der Waals surface area (Å²) in [4.78, 5) is 2.44. The number of hydrogen-bond acceptors (Lipinski definition) is 2. The van der Waals surface area contributed by atoms with Crippen molar-refractivity contribution < 1.29 is 0 Å². The van der Waals surface area contributed by atoms with Gasteiger partial charge in [-0.2, -0.15) is 5.26 Å². The molecule has 3 heteroatoms. The van der Waals surface area contributed by atoms with Crippen LogP contribution in [0.15, 0.2) is 158 Å². The van der Waals surface area contributed by atoms with Crippen LogP contribution in [0.2, 0.25) is 0 Å². The Labute approximate surface area is 236 Å². The molecule has 40 heavy (non-hydrogen) atoms. The quantitative estimate of drug-likeness (QED) is 0.249. The Balaban J connectivity index is 1.56. The van der Waals surface area contributed by atoms with Gasteiger partial charge in [-0.05, 0) is 56.6 Å². The zero-order valence-electron chi connectivity index (χ0n) is 21.9. The normalized spacial score (nSPS) is 13.1. The van der Waals surface area contributed by atoms with Crippen LogP contribution in [-0.2, 0) is 0 Å². The van der Waals surface area contributed by atoms with E-state index in [1.54, 1.807) is 0 Å². The van der Waals surface area contributed by atoms with Crippen molar-refractivity contribution in [2.75, 3.05) is 4.90 Å². The SMILES string of the molecule is N#Cc1ccc(-c2ccccc2N2c3ccccc3[Si](c3ccccc3)(c3ccccc3)c3ccccc32)cc1. The summed E-state index contributed by atoms with van der Waals surface area (Å²) >= 11 is 0. The summed E-state index contributed by atoms with van der Waals surface area (Å²) < 4.78 is 0. The first-order chi connectivity index (χ1) is 19.8. The van der Waals surface area contributed by atoms with E-state index in [4.69, 9.17) is 0 Å². The molecule has 0 bridgehead atoms. The number of rotatable bonds is 4. The molecule has 0 amide bonds. The van der Waals surface area contributed by atoms with E-state index in [0.29, 0.717) is 5.56 Å². The van der Waals surface area contributed by atoms with Gasteiger partial charge in [-0.25, -0.2) is 0 Å². The van der Waals surface area contributed by atoms with Crippen molar-refractivity contribution in [2.45, 2.75) is 0 Å². The molecule has 0 aromatic heterocycles. The first-order valence-corrected chi connectivity index (χ1v) is 15.5. The van der Waals surface area contributed by atoms with E-state index < -0.39 is 8.07 Å². The van der Waals surface area contributed by atoms with E-state index in [2.05, 4.69) is 144 Å². The molecule has 188 valence electrons. The van der Waals surface area contributed by atoms with Gasteiger partial charge in [0.05, 0.1) is 17.3 Å². The first-order valence-electron chi connectivity index (χ1n) is 13.5. The summed E-state index contributed by atoms with van der Waals surface area (Å²) in [6.45, 7) is 0. The lowest BCUT2D eigenvalue weighted by molar-refractivity contribution is 1.29. The van der Waals surface area contributed by atoms with Crippen molar-refractivity contribution in [1.29, 1.82) is 5.26 Å². The van der Waals surface area contributed by atoms with Crippen LogP contribution in [0.1, 0.15) is 5.56 Å². The fraction of sp³-hybridized carbons (Fsp3) is 0. The molecule has 2 nitrogen and oxygen atoms in total. The predicted molar refractivity (Wildman–Crippen MR) is 168 cm³/mol. The molecule has 0 radical (unpaired) electrons. The molecular weight excluding hydrogens is 501 g/mol. The number of nitrogens with zero attached hydrogens (tertiary/aromatic N) is 2. The summed E-state index contributed by atoms with van der Waals surface area (Å²) in [7, 11) is -2.64. The molecule has 1 heterocycles. The molecule has 0 saturated heterocycles. The van der Waals surface area contributed by atoms with Gasteiger partial charge in [0.15, 0.2) is 8.07 Å². The Morgan fingerprint density at radius 1 is 0.450 bits per heavy atom. The zero-order chi connectivity index (χ0) is 26.9. The fourth-order valence-corrected chi connectivity index (χ4v) is 11.4. The van der Waals surface area contributed by atoms with E-state index in [1.807, 2.05) is 24.3 Å². The van der Waals surface area contributed by atoms with E-state index in [0.717, 1.165) is 16.8 Å². The highest BCUT2D eigenvalue weighted by atomic mass is 28.3. The standard InChI is InChI=1S/C37H26N2Si/c38-27-28-23-25-29(26-24-28)32-17-7-8-18-33(32)39-34-19-9-11-21-36(34)40(30-13-3-1-4-14-30,31-15-5-2-6-16-31)37-22-12-10-20-35(37)39/h1-26H. The van der Waals surface area contributed by atoms with Crippen LogP contribution in [0.25, 0.3) is 11.1 Å². The summed E-state index contributed by atoms with van der Waals surface area (Å²) in [5, 5.41) is 14.9. The van der Waals surface area contributed by atoms with E-state index >= 15 is 0 Å². The topological polar surface area (TPSA) is 27.0 Å². The van der Waals surface area contributed by atoms with Gasteiger partial charge in [0.1, 0.15) is 0 Å². The van der Waals surface area contributed by atoms with Gasteiger partial charge in [-0.1, -0.05) is 127 Å². The highest BCUT2D eigenvalue weighted by Gasteiger charge is 2.48. The van der Waals surface area contributed by atoms with Gasteiger partial charge >= 0.3 is 0 Å². The van der Waals surface area contributed by atoms with Gasteiger partial charge in [0.25, 0.3) is 0 Å². The summed E-state index contributed by atoms with van der Waals surface area (Å²) in [5.74, 6) is 0. The van der Waals surface area contributed by atoms with Crippen molar-refractivity contribution >= 4 is 45.9 Å². The molecule has 6 aromatic rings. The molecule has 0 N–H and O–H groups in total. The monoisotopic (exact) mass is 526 g/mol. The Morgan fingerprint density at radius 2 is 0.900 bits per heavy atom. The Bertz CT molecular complexity index is 1770. The lowest BCUT2D eigenvalue weighted by Gasteiger charge is -2.45. The molecule has 0 spiro atoms. The number of fused-ring (bicyclic) bond motifs is 2. The lowest BCUT2D eigenvalue weighted by Crippen LogP contribution is -2.77. The Kier molecular flexibility index (Phi) is 5.89. The van der Waals surface area contributed by atoms with Crippen molar-refractivity contribution in [3.63, 3.8) is 0 Å². The molecule has 0 aliphatic carbocycles. The third-order valence-electron chi connectivity index (χ3n) is 7.98. The van der Waals surface area contributed by atoms with E-state index in [-0.39, 0.29) is 0 Å². The third-order valence-corrected chi connectivity index (χ3v) is 12.8. The second-order valence-corrected chi connectivity index (χ2v) is 13.8. The van der Waals surface area contributed by atoms with Crippen molar-refractivity contribution in [3.8, 4) is 17.2 Å². The fourth-order valence-electron chi connectivity index (χ4n) is 6.31. The minimum absolute atomic E-state index is 0.663.